The third kappa shape index (κ3) is 3.22. The van der Waals surface area contributed by atoms with Gasteiger partial charge in [0.15, 0.2) is 0 Å². The van der Waals surface area contributed by atoms with Gasteiger partial charge >= 0.3 is 140 Å². The van der Waals surface area contributed by atoms with Crippen LogP contribution >= 0.6 is 15.9 Å². The molecule has 0 radical (unpaired) electrons. The van der Waals surface area contributed by atoms with Crippen LogP contribution in [0.1, 0.15) is 17.5 Å². The van der Waals surface area contributed by atoms with Gasteiger partial charge in [-0.15, -0.1) is 0 Å². The summed E-state index contributed by atoms with van der Waals surface area (Å²) in [6, 6.07) is 13.4. The zero-order valence-electron chi connectivity index (χ0n) is 11.7. The van der Waals surface area contributed by atoms with Crippen LogP contribution in [0, 0.1) is 0 Å². The van der Waals surface area contributed by atoms with Gasteiger partial charge < -0.3 is 24.8 Å². The van der Waals surface area contributed by atoms with Crippen molar-refractivity contribution in [1.29, 1.82) is 0 Å². The van der Waals surface area contributed by atoms with E-state index in [4.69, 9.17) is 0 Å². The molecule has 0 heterocycles. The molecule has 0 unspecified atom stereocenters. The van der Waals surface area contributed by atoms with E-state index >= 15 is 0 Å². The van der Waals surface area contributed by atoms with Crippen LogP contribution in [0.4, 0.5) is 0 Å². The normalized spacial score (nSPS) is 13.4. The molecule has 0 aliphatic heterocycles. The van der Waals surface area contributed by atoms with Crippen molar-refractivity contribution in [1.82, 2.24) is 0 Å². The zero-order chi connectivity index (χ0) is 13.5. The molecule has 0 amide bonds. The number of allylic oxidation sites excluding steroid dienone is 4. The number of halogens is 3. The second-order valence-corrected chi connectivity index (χ2v) is 9.51. The Morgan fingerprint density at radius 2 is 1.77 bits per heavy atom. The number of hydrogen-bond acceptors (Lipinski definition) is 0. The van der Waals surface area contributed by atoms with Gasteiger partial charge in [0.25, 0.3) is 0 Å². The molecule has 2 aliphatic carbocycles. The molecule has 0 N–H and O–H groups in total. The Kier molecular flexibility index (Phi) is 6.31. The van der Waals surface area contributed by atoms with Gasteiger partial charge in [0.1, 0.15) is 0 Å². The van der Waals surface area contributed by atoms with Crippen LogP contribution in [-0.4, -0.2) is 0 Å². The average Bonchev–Trinajstić information content (AvgIpc) is 3.09. The molecular formula is C18H13BrCl2Zr. The summed E-state index contributed by atoms with van der Waals surface area (Å²) in [4.78, 5) is 0. The van der Waals surface area contributed by atoms with Crippen molar-refractivity contribution in [2.45, 2.75) is 12.8 Å². The first kappa shape index (κ1) is 18.2. The largest absolute Gasteiger partial charge is 1.00 e. The molecule has 4 rings (SSSR count). The maximum atomic E-state index is 3.80. The monoisotopic (exact) mass is 468 g/mol. The van der Waals surface area contributed by atoms with Crippen LogP contribution < -0.4 is 28.1 Å². The number of fused-ring (bicyclic) bond motifs is 3. The smallest absolute Gasteiger partial charge is 1.00 e. The molecule has 0 saturated carbocycles. The fourth-order valence-corrected chi connectivity index (χ4v) is 7.17. The summed E-state index contributed by atoms with van der Waals surface area (Å²) in [5.74, 6) is 0. The third-order valence-electron chi connectivity index (χ3n) is 3.99. The van der Waals surface area contributed by atoms with Gasteiger partial charge in [-0.25, -0.2) is 0 Å². The second-order valence-electron chi connectivity index (χ2n) is 5.23. The van der Waals surface area contributed by atoms with E-state index in [2.05, 4.69) is 70.6 Å². The maximum Gasteiger partial charge on any atom is -1.00 e. The van der Waals surface area contributed by atoms with Crippen LogP contribution in [0.5, 0.6) is 0 Å². The van der Waals surface area contributed by atoms with E-state index in [9.17, 15) is 0 Å². The summed E-state index contributed by atoms with van der Waals surface area (Å²) >= 11 is 3.13. The van der Waals surface area contributed by atoms with Crippen LogP contribution in [0.2, 0.25) is 0 Å². The fraction of sp³-hybridized carbons (Fsp3) is 0.111. The van der Waals surface area contributed by atoms with E-state index in [0.717, 1.165) is 6.42 Å². The second kappa shape index (κ2) is 7.62. The third-order valence-corrected chi connectivity index (χ3v) is 9.27. The molecule has 22 heavy (non-hydrogen) atoms. The van der Waals surface area contributed by atoms with Gasteiger partial charge in [-0.2, -0.15) is 0 Å². The number of rotatable bonds is 2. The molecule has 0 bridgehead atoms. The Morgan fingerprint density at radius 3 is 2.55 bits per heavy atom. The maximum absolute atomic E-state index is 3.80. The molecule has 0 atom stereocenters. The van der Waals surface area contributed by atoms with Crippen molar-refractivity contribution in [2.75, 3.05) is 0 Å². The quantitative estimate of drug-likeness (QED) is 0.431. The van der Waals surface area contributed by atoms with E-state index in [1.165, 1.54) is 27.6 Å². The van der Waals surface area contributed by atoms with Crippen molar-refractivity contribution in [3.8, 4) is 11.1 Å². The average molecular weight is 471 g/mol. The van der Waals surface area contributed by atoms with E-state index < -0.39 is 23.2 Å². The van der Waals surface area contributed by atoms with Gasteiger partial charge in [0.05, 0.1) is 0 Å². The summed E-state index contributed by atoms with van der Waals surface area (Å²) in [5, 5.41) is 0. The van der Waals surface area contributed by atoms with Crippen LogP contribution in [0.25, 0.3) is 11.1 Å². The van der Waals surface area contributed by atoms with Crippen LogP contribution in [-0.2, 0) is 29.7 Å². The minimum Gasteiger partial charge on any atom is -1.00 e. The van der Waals surface area contributed by atoms with Crippen molar-refractivity contribution >= 4 is 19.2 Å². The first-order valence-electron chi connectivity index (χ1n) is 6.85. The minimum absolute atomic E-state index is 0. The topological polar surface area (TPSA) is 0 Å². The summed E-state index contributed by atoms with van der Waals surface area (Å²) in [7, 11) is 0. The Labute approximate surface area is 163 Å². The molecule has 0 nitrogen and oxygen atoms in total. The van der Waals surface area contributed by atoms with Crippen LogP contribution in [0.15, 0.2) is 62.4 Å². The molecule has 110 valence electrons. The van der Waals surface area contributed by atoms with Crippen molar-refractivity contribution in [3.63, 3.8) is 0 Å². The van der Waals surface area contributed by atoms with E-state index in [1.54, 1.807) is 12.1 Å². The summed E-state index contributed by atoms with van der Waals surface area (Å²) in [5.41, 5.74) is 5.97. The molecule has 0 fully saturated rings. The fourth-order valence-electron chi connectivity index (χ4n) is 3.02. The summed E-state index contributed by atoms with van der Waals surface area (Å²) in [6.07, 6.45) is 9.11. The molecule has 4 heteroatoms. The predicted octanol–water partition coefficient (Wildman–Crippen LogP) is -1.42. The van der Waals surface area contributed by atoms with E-state index in [0.29, 0.717) is 0 Å². The molecule has 0 aromatic heterocycles. The molecule has 2 aromatic carbocycles. The van der Waals surface area contributed by atoms with Gasteiger partial charge in [0, 0.05) is 0 Å². The Balaban J connectivity index is 0.000000882. The summed E-state index contributed by atoms with van der Waals surface area (Å²) in [6.45, 7) is 0. The summed E-state index contributed by atoms with van der Waals surface area (Å²) < 4.78 is 4.64. The minimum atomic E-state index is -0.664. The number of hydrogen-bond donors (Lipinski definition) is 0. The first-order chi connectivity index (χ1) is 9.83. The van der Waals surface area contributed by atoms with E-state index in [1.807, 2.05) is 0 Å². The van der Waals surface area contributed by atoms with Gasteiger partial charge in [-0.3, -0.25) is 0 Å². The van der Waals surface area contributed by atoms with Crippen molar-refractivity contribution in [3.05, 3.63) is 73.5 Å². The van der Waals surface area contributed by atoms with Crippen molar-refractivity contribution in [2.24, 2.45) is 0 Å². The standard InChI is InChI=1S/C13H8Br.C5H5.2ClH.Zr/c14-11-5-6-13-10(8-11)7-9-3-1-2-4-12(9)13;1-2-4-5-3-1;;;/h1-6H,7H2;1-3H,4H2;2*1H;/q;;;;+2/p-2. The predicted molar refractivity (Wildman–Crippen MR) is 83.9 cm³/mol. The molecule has 2 aromatic rings. The Hall–Kier alpha value is -0.137. The first-order valence-corrected chi connectivity index (χ1v) is 10.1. The van der Waals surface area contributed by atoms with Gasteiger partial charge in [-0.05, 0) is 0 Å². The van der Waals surface area contributed by atoms with Crippen molar-refractivity contribution < 1.29 is 48.0 Å². The van der Waals surface area contributed by atoms with Gasteiger partial charge in [0.2, 0.25) is 0 Å². The van der Waals surface area contributed by atoms with Crippen LogP contribution in [0.3, 0.4) is 0 Å². The number of benzene rings is 2. The Morgan fingerprint density at radius 1 is 0.955 bits per heavy atom. The van der Waals surface area contributed by atoms with E-state index in [-0.39, 0.29) is 24.8 Å². The Bertz CT molecular complexity index is 766. The molecule has 0 spiro atoms. The molecule has 0 saturated heterocycles. The molecule has 2 aliphatic rings. The molecular weight excluding hydrogens is 458 g/mol. The zero-order valence-corrected chi connectivity index (χ0v) is 17.3. The SMILES string of the molecule is Brc1ccc2c([c]1[Zr+2][C]1=CC=CC1)Cc1ccccc1-2.[Cl-].[Cl-]. The van der Waals surface area contributed by atoms with Gasteiger partial charge in [-0.1, -0.05) is 0 Å².